The summed E-state index contributed by atoms with van der Waals surface area (Å²) >= 11 is 0. The highest BCUT2D eigenvalue weighted by Crippen LogP contribution is 2.18. The van der Waals surface area contributed by atoms with Crippen LogP contribution >= 0.6 is 0 Å². The lowest BCUT2D eigenvalue weighted by Crippen LogP contribution is -2.42. The van der Waals surface area contributed by atoms with Crippen molar-refractivity contribution in [3.63, 3.8) is 0 Å². The van der Waals surface area contributed by atoms with Gasteiger partial charge < -0.3 is 15.7 Å². The van der Waals surface area contributed by atoms with Crippen LogP contribution < -0.4 is 10.6 Å². The minimum atomic E-state index is -3.04. The molecule has 1 heterocycles. The SMILES string of the molecule is CC(CCC(=O)O)CNC(=O)NCC1CCCS1(=O)=O. The molecule has 0 aromatic carbocycles. The zero-order valence-corrected chi connectivity index (χ0v) is 12.4. The third-order valence-corrected chi connectivity index (χ3v) is 5.69. The van der Waals surface area contributed by atoms with E-state index in [2.05, 4.69) is 10.6 Å². The van der Waals surface area contributed by atoms with Gasteiger partial charge >= 0.3 is 12.0 Å². The van der Waals surface area contributed by atoms with Crippen LogP contribution in [0, 0.1) is 5.92 Å². The number of carboxylic acids is 1. The number of urea groups is 1. The third kappa shape index (κ3) is 5.77. The Morgan fingerprint density at radius 1 is 1.35 bits per heavy atom. The van der Waals surface area contributed by atoms with Gasteiger partial charge in [-0.3, -0.25) is 4.79 Å². The Kier molecular flexibility index (Phi) is 6.25. The highest BCUT2D eigenvalue weighted by molar-refractivity contribution is 7.92. The summed E-state index contributed by atoms with van der Waals surface area (Å²) in [4.78, 5) is 21.9. The summed E-state index contributed by atoms with van der Waals surface area (Å²) in [7, 11) is -3.04. The van der Waals surface area contributed by atoms with Gasteiger partial charge in [0.05, 0.1) is 11.0 Å². The normalized spacial score (nSPS) is 22.1. The van der Waals surface area contributed by atoms with Gasteiger partial charge in [0.1, 0.15) is 0 Å². The van der Waals surface area contributed by atoms with Crippen LogP contribution in [0.1, 0.15) is 32.6 Å². The number of rotatable bonds is 7. The number of carboxylic acid groups (broad SMARTS) is 1. The van der Waals surface area contributed by atoms with E-state index < -0.39 is 27.1 Å². The van der Waals surface area contributed by atoms with Crippen LogP contribution in [-0.4, -0.2) is 49.6 Å². The van der Waals surface area contributed by atoms with E-state index in [0.29, 0.717) is 25.8 Å². The van der Waals surface area contributed by atoms with E-state index >= 15 is 0 Å². The Balaban J connectivity index is 2.19. The van der Waals surface area contributed by atoms with Gasteiger partial charge in [-0.15, -0.1) is 0 Å². The minimum Gasteiger partial charge on any atom is -0.481 e. The first kappa shape index (κ1) is 16.7. The van der Waals surface area contributed by atoms with E-state index in [4.69, 9.17) is 5.11 Å². The van der Waals surface area contributed by atoms with Crippen LogP contribution in [0.3, 0.4) is 0 Å². The van der Waals surface area contributed by atoms with Crippen molar-refractivity contribution < 1.29 is 23.1 Å². The van der Waals surface area contributed by atoms with Crippen LogP contribution in [0.25, 0.3) is 0 Å². The molecule has 2 unspecified atom stereocenters. The molecule has 116 valence electrons. The molecule has 20 heavy (non-hydrogen) atoms. The number of nitrogens with one attached hydrogen (secondary N) is 2. The van der Waals surface area contributed by atoms with Crippen LogP contribution in [-0.2, 0) is 14.6 Å². The summed E-state index contributed by atoms with van der Waals surface area (Å²) in [5.41, 5.74) is 0. The molecule has 8 heteroatoms. The van der Waals surface area contributed by atoms with Crippen molar-refractivity contribution in [2.24, 2.45) is 5.92 Å². The fourth-order valence-corrected chi connectivity index (χ4v) is 3.86. The second-order valence-electron chi connectivity index (χ2n) is 5.26. The van der Waals surface area contributed by atoms with E-state index in [1.807, 2.05) is 6.92 Å². The number of hydrogen-bond acceptors (Lipinski definition) is 4. The van der Waals surface area contributed by atoms with Crippen LogP contribution in [0.4, 0.5) is 4.79 Å². The second kappa shape index (κ2) is 7.47. The largest absolute Gasteiger partial charge is 0.481 e. The van der Waals surface area contributed by atoms with Crippen molar-refractivity contribution >= 4 is 21.8 Å². The predicted octanol–water partition coefficient (Wildman–Crippen LogP) is 0.364. The fourth-order valence-electron chi connectivity index (χ4n) is 2.10. The maximum absolute atomic E-state index is 11.6. The first-order valence-corrected chi connectivity index (χ1v) is 8.48. The summed E-state index contributed by atoms with van der Waals surface area (Å²) in [6, 6.07) is -0.408. The topological polar surface area (TPSA) is 113 Å². The Hall–Kier alpha value is -1.31. The summed E-state index contributed by atoms with van der Waals surface area (Å²) in [5.74, 6) is -0.590. The maximum Gasteiger partial charge on any atom is 0.314 e. The number of aliphatic carboxylic acids is 1. The van der Waals surface area contributed by atoms with Crippen molar-refractivity contribution in [2.75, 3.05) is 18.8 Å². The van der Waals surface area contributed by atoms with Gasteiger partial charge in [-0.05, 0) is 25.2 Å². The van der Waals surface area contributed by atoms with Gasteiger partial charge in [0.25, 0.3) is 0 Å². The molecule has 1 aliphatic heterocycles. The highest BCUT2D eigenvalue weighted by atomic mass is 32.2. The summed E-state index contributed by atoms with van der Waals surface area (Å²) in [5, 5.41) is 13.2. The van der Waals surface area contributed by atoms with E-state index in [0.717, 1.165) is 0 Å². The van der Waals surface area contributed by atoms with E-state index in [1.165, 1.54) is 0 Å². The molecule has 0 aromatic rings. The van der Waals surface area contributed by atoms with Gasteiger partial charge in [-0.1, -0.05) is 6.92 Å². The first-order chi connectivity index (χ1) is 9.31. The van der Waals surface area contributed by atoms with Crippen molar-refractivity contribution in [1.29, 1.82) is 0 Å². The van der Waals surface area contributed by atoms with Crippen molar-refractivity contribution in [2.45, 2.75) is 37.9 Å². The Bertz CT molecular complexity index is 449. The number of amides is 2. The number of sulfone groups is 1. The molecule has 0 spiro atoms. The minimum absolute atomic E-state index is 0.0621. The first-order valence-electron chi connectivity index (χ1n) is 6.76. The average Bonchev–Trinajstić information content (AvgIpc) is 2.70. The molecule has 3 N–H and O–H groups in total. The lowest BCUT2D eigenvalue weighted by atomic mass is 10.1. The molecule has 7 nitrogen and oxygen atoms in total. The molecule has 1 fully saturated rings. The summed E-state index contributed by atoms with van der Waals surface area (Å²) in [6.45, 7) is 2.36. The van der Waals surface area contributed by atoms with Crippen molar-refractivity contribution in [3.05, 3.63) is 0 Å². The van der Waals surface area contributed by atoms with Crippen LogP contribution in [0.2, 0.25) is 0 Å². The lowest BCUT2D eigenvalue weighted by Gasteiger charge is -2.14. The summed E-state index contributed by atoms with van der Waals surface area (Å²) in [6.07, 6.45) is 1.82. The molecule has 2 amide bonds. The van der Waals surface area contributed by atoms with Crippen molar-refractivity contribution in [1.82, 2.24) is 10.6 Å². The molecular weight excluding hydrogens is 284 g/mol. The zero-order chi connectivity index (χ0) is 15.2. The van der Waals surface area contributed by atoms with Gasteiger partial charge in [0, 0.05) is 19.5 Å². The number of carbonyl (C=O) groups excluding carboxylic acids is 1. The maximum atomic E-state index is 11.6. The molecule has 0 saturated carbocycles. The summed E-state index contributed by atoms with van der Waals surface area (Å²) < 4.78 is 23.1. The molecule has 0 aliphatic carbocycles. The van der Waals surface area contributed by atoms with E-state index in [-0.39, 0.29) is 24.6 Å². The molecular formula is C12H22N2O5S. The Morgan fingerprint density at radius 2 is 2.05 bits per heavy atom. The second-order valence-corrected chi connectivity index (χ2v) is 7.66. The molecule has 1 aliphatic rings. The molecule has 0 aromatic heterocycles. The van der Waals surface area contributed by atoms with Crippen molar-refractivity contribution in [3.8, 4) is 0 Å². The van der Waals surface area contributed by atoms with Gasteiger partial charge in [-0.25, -0.2) is 13.2 Å². The van der Waals surface area contributed by atoms with E-state index in [9.17, 15) is 18.0 Å². The van der Waals surface area contributed by atoms with E-state index in [1.54, 1.807) is 0 Å². The molecule has 2 atom stereocenters. The average molecular weight is 306 g/mol. The molecule has 0 bridgehead atoms. The number of carbonyl (C=O) groups is 2. The van der Waals surface area contributed by atoms with Crippen LogP contribution in [0.5, 0.6) is 0 Å². The lowest BCUT2D eigenvalue weighted by molar-refractivity contribution is -0.137. The monoisotopic (exact) mass is 306 g/mol. The van der Waals surface area contributed by atoms with Gasteiger partial charge in [-0.2, -0.15) is 0 Å². The zero-order valence-electron chi connectivity index (χ0n) is 11.6. The quantitative estimate of drug-likeness (QED) is 0.629. The van der Waals surface area contributed by atoms with Crippen LogP contribution in [0.15, 0.2) is 0 Å². The highest BCUT2D eigenvalue weighted by Gasteiger charge is 2.31. The fraction of sp³-hybridized carbons (Fsp3) is 0.833. The Morgan fingerprint density at radius 3 is 2.60 bits per heavy atom. The standard InChI is InChI=1S/C12H22N2O5S/c1-9(4-5-11(15)16)7-13-12(17)14-8-10-3-2-6-20(10,18)19/h9-10H,2-8H2,1H3,(H,15,16)(H2,13,14,17). The smallest absolute Gasteiger partial charge is 0.314 e. The third-order valence-electron chi connectivity index (χ3n) is 3.42. The predicted molar refractivity (Wildman–Crippen MR) is 74.2 cm³/mol. The van der Waals surface area contributed by atoms with Gasteiger partial charge in [0.15, 0.2) is 9.84 Å². The number of hydrogen-bond donors (Lipinski definition) is 3. The van der Waals surface area contributed by atoms with Gasteiger partial charge in [0.2, 0.25) is 0 Å². The molecule has 1 rings (SSSR count). The molecule has 1 saturated heterocycles. The Labute approximate surface area is 119 Å². The molecule has 0 radical (unpaired) electrons.